The molecular weight excluding hydrogens is 264 g/mol. The van der Waals surface area contributed by atoms with Crippen molar-refractivity contribution in [2.75, 3.05) is 0 Å². The summed E-state index contributed by atoms with van der Waals surface area (Å²) in [5.74, 6) is -1.62. The molecule has 0 aliphatic carbocycles. The average Bonchev–Trinajstić information content (AvgIpc) is 2.81. The van der Waals surface area contributed by atoms with E-state index in [4.69, 9.17) is 10.5 Å². The third-order valence-corrected chi connectivity index (χ3v) is 2.77. The first-order valence-corrected chi connectivity index (χ1v) is 6.43. The standard InChI is InChI=1S/C14H17F2N3O/c1-3-19-8-11(7-18-19)20-14-12(15)5-10(4-9(2)17)6-13(14)16/h5-9H,3-4,17H2,1-2H3. The van der Waals surface area contributed by atoms with Crippen LogP contribution in [0.15, 0.2) is 24.5 Å². The Kier molecular flexibility index (Phi) is 4.34. The largest absolute Gasteiger partial charge is 0.448 e. The molecule has 1 heterocycles. The summed E-state index contributed by atoms with van der Waals surface area (Å²) < 4.78 is 34.6. The second kappa shape index (κ2) is 6.00. The minimum absolute atomic E-state index is 0.164. The van der Waals surface area contributed by atoms with E-state index < -0.39 is 17.4 Å². The predicted octanol–water partition coefficient (Wildman–Crippen LogP) is 2.86. The Labute approximate surface area is 116 Å². The number of nitrogens with zero attached hydrogens (tertiary/aromatic N) is 2. The van der Waals surface area contributed by atoms with Crippen LogP contribution in [0.25, 0.3) is 0 Å². The van der Waals surface area contributed by atoms with Crippen LogP contribution in [0.4, 0.5) is 8.78 Å². The molecule has 2 N–H and O–H groups in total. The molecule has 1 unspecified atom stereocenters. The van der Waals surface area contributed by atoms with E-state index >= 15 is 0 Å². The lowest BCUT2D eigenvalue weighted by Gasteiger charge is -2.10. The van der Waals surface area contributed by atoms with Gasteiger partial charge in [-0.05, 0) is 38.0 Å². The van der Waals surface area contributed by atoms with Gasteiger partial charge in [0.05, 0.1) is 12.4 Å². The summed E-state index contributed by atoms with van der Waals surface area (Å²) in [6, 6.07) is 2.32. The summed E-state index contributed by atoms with van der Waals surface area (Å²) in [4.78, 5) is 0. The predicted molar refractivity (Wildman–Crippen MR) is 71.7 cm³/mol. The minimum atomic E-state index is -0.745. The van der Waals surface area contributed by atoms with E-state index in [1.165, 1.54) is 18.3 Å². The van der Waals surface area contributed by atoms with Crippen molar-refractivity contribution in [2.45, 2.75) is 32.9 Å². The van der Waals surface area contributed by atoms with Gasteiger partial charge in [-0.3, -0.25) is 4.68 Å². The highest BCUT2D eigenvalue weighted by Gasteiger charge is 2.15. The second-order valence-electron chi connectivity index (χ2n) is 4.70. The number of halogens is 2. The SMILES string of the molecule is CCn1cc(Oc2c(F)cc(CC(C)N)cc2F)cn1. The van der Waals surface area contributed by atoms with E-state index in [9.17, 15) is 8.78 Å². The first-order chi connectivity index (χ1) is 9.49. The monoisotopic (exact) mass is 281 g/mol. The Morgan fingerprint density at radius 3 is 2.50 bits per heavy atom. The van der Waals surface area contributed by atoms with Crippen LogP contribution < -0.4 is 10.5 Å². The average molecular weight is 281 g/mol. The molecule has 0 bridgehead atoms. The molecule has 0 radical (unpaired) electrons. The normalized spacial score (nSPS) is 12.4. The molecule has 1 atom stereocenters. The van der Waals surface area contributed by atoms with Gasteiger partial charge < -0.3 is 10.5 Å². The van der Waals surface area contributed by atoms with Gasteiger partial charge in [-0.2, -0.15) is 5.10 Å². The lowest BCUT2D eigenvalue weighted by molar-refractivity contribution is 0.405. The topological polar surface area (TPSA) is 53.1 Å². The quantitative estimate of drug-likeness (QED) is 0.916. The van der Waals surface area contributed by atoms with E-state index in [1.54, 1.807) is 17.8 Å². The van der Waals surface area contributed by atoms with Crippen LogP contribution in [0.5, 0.6) is 11.5 Å². The molecule has 6 heteroatoms. The zero-order chi connectivity index (χ0) is 14.7. The van der Waals surface area contributed by atoms with Crippen molar-refractivity contribution in [1.29, 1.82) is 0 Å². The molecule has 0 spiro atoms. The Morgan fingerprint density at radius 1 is 1.35 bits per heavy atom. The molecule has 0 aliphatic heterocycles. The van der Waals surface area contributed by atoms with Gasteiger partial charge in [0.2, 0.25) is 0 Å². The highest BCUT2D eigenvalue weighted by molar-refractivity contribution is 5.35. The number of ether oxygens (including phenoxy) is 1. The van der Waals surface area contributed by atoms with Crippen molar-refractivity contribution in [1.82, 2.24) is 9.78 Å². The molecule has 2 rings (SSSR count). The summed E-state index contributed by atoms with van der Waals surface area (Å²) in [6.45, 7) is 4.34. The number of hydrogen-bond donors (Lipinski definition) is 1. The van der Waals surface area contributed by atoms with Gasteiger partial charge in [0, 0.05) is 12.6 Å². The molecule has 0 amide bonds. The maximum atomic E-state index is 13.9. The van der Waals surface area contributed by atoms with Crippen LogP contribution >= 0.6 is 0 Å². The number of aromatic nitrogens is 2. The molecule has 4 nitrogen and oxygen atoms in total. The van der Waals surface area contributed by atoms with Gasteiger partial charge in [0.1, 0.15) is 0 Å². The molecule has 0 aliphatic rings. The van der Waals surface area contributed by atoms with Crippen molar-refractivity contribution in [3.8, 4) is 11.5 Å². The third kappa shape index (κ3) is 3.33. The number of nitrogens with two attached hydrogens (primary N) is 1. The molecule has 1 aromatic carbocycles. The highest BCUT2D eigenvalue weighted by Crippen LogP contribution is 2.28. The Bertz CT molecular complexity index is 573. The molecule has 108 valence electrons. The van der Waals surface area contributed by atoms with Crippen LogP contribution in [0, 0.1) is 11.6 Å². The molecule has 20 heavy (non-hydrogen) atoms. The molecular formula is C14H17F2N3O. The van der Waals surface area contributed by atoms with E-state index in [-0.39, 0.29) is 6.04 Å². The number of aryl methyl sites for hydroxylation is 1. The van der Waals surface area contributed by atoms with E-state index in [0.717, 1.165) is 0 Å². The molecule has 0 fully saturated rings. The van der Waals surface area contributed by atoms with Gasteiger partial charge in [-0.15, -0.1) is 0 Å². The fraction of sp³-hybridized carbons (Fsp3) is 0.357. The first-order valence-electron chi connectivity index (χ1n) is 6.43. The summed E-state index contributed by atoms with van der Waals surface area (Å²) in [6.07, 6.45) is 3.40. The van der Waals surface area contributed by atoms with E-state index in [2.05, 4.69) is 5.10 Å². The van der Waals surface area contributed by atoms with Gasteiger partial charge in [-0.25, -0.2) is 8.78 Å². The lowest BCUT2D eigenvalue weighted by Crippen LogP contribution is -2.18. The Balaban J connectivity index is 2.23. The van der Waals surface area contributed by atoms with Crippen molar-refractivity contribution in [3.05, 3.63) is 41.7 Å². The summed E-state index contributed by atoms with van der Waals surface area (Å²) >= 11 is 0. The lowest BCUT2D eigenvalue weighted by atomic mass is 10.1. The minimum Gasteiger partial charge on any atom is -0.448 e. The zero-order valence-corrected chi connectivity index (χ0v) is 11.4. The molecule has 2 aromatic rings. The molecule has 0 saturated heterocycles. The molecule has 1 aromatic heterocycles. The van der Waals surface area contributed by atoms with Crippen LogP contribution in [0.2, 0.25) is 0 Å². The zero-order valence-electron chi connectivity index (χ0n) is 11.4. The van der Waals surface area contributed by atoms with Crippen molar-refractivity contribution in [2.24, 2.45) is 5.73 Å². The van der Waals surface area contributed by atoms with E-state index in [0.29, 0.717) is 24.3 Å². The van der Waals surface area contributed by atoms with E-state index in [1.807, 2.05) is 6.92 Å². The Morgan fingerprint density at radius 2 is 2.00 bits per heavy atom. The smallest absolute Gasteiger partial charge is 0.198 e. The van der Waals surface area contributed by atoms with Crippen molar-refractivity contribution >= 4 is 0 Å². The number of hydrogen-bond acceptors (Lipinski definition) is 3. The number of benzene rings is 1. The fourth-order valence-electron chi connectivity index (χ4n) is 1.89. The summed E-state index contributed by atoms with van der Waals surface area (Å²) in [5.41, 5.74) is 6.12. The molecule has 0 saturated carbocycles. The van der Waals surface area contributed by atoms with Crippen molar-refractivity contribution < 1.29 is 13.5 Å². The summed E-state index contributed by atoms with van der Waals surface area (Å²) in [5, 5.41) is 3.98. The second-order valence-corrected chi connectivity index (χ2v) is 4.70. The number of rotatable bonds is 5. The summed E-state index contributed by atoms with van der Waals surface area (Å²) in [7, 11) is 0. The first kappa shape index (κ1) is 14.5. The van der Waals surface area contributed by atoms with Crippen LogP contribution in [0.1, 0.15) is 19.4 Å². The van der Waals surface area contributed by atoms with Gasteiger partial charge in [0.15, 0.2) is 23.1 Å². The van der Waals surface area contributed by atoms with Crippen LogP contribution in [-0.4, -0.2) is 15.8 Å². The van der Waals surface area contributed by atoms with Gasteiger partial charge >= 0.3 is 0 Å². The van der Waals surface area contributed by atoms with Crippen molar-refractivity contribution in [3.63, 3.8) is 0 Å². The maximum Gasteiger partial charge on any atom is 0.198 e. The highest BCUT2D eigenvalue weighted by atomic mass is 19.1. The fourth-order valence-corrected chi connectivity index (χ4v) is 1.89. The maximum absolute atomic E-state index is 13.9. The Hall–Kier alpha value is -1.95. The van der Waals surface area contributed by atoms with Gasteiger partial charge in [-0.1, -0.05) is 0 Å². The van der Waals surface area contributed by atoms with Gasteiger partial charge in [0.25, 0.3) is 0 Å². The van der Waals surface area contributed by atoms with Crippen LogP contribution in [0.3, 0.4) is 0 Å². The third-order valence-electron chi connectivity index (χ3n) is 2.77. The van der Waals surface area contributed by atoms with Crippen LogP contribution in [-0.2, 0) is 13.0 Å².